The lowest BCUT2D eigenvalue weighted by Crippen LogP contribution is -2.36. The predicted molar refractivity (Wildman–Crippen MR) is 57.1 cm³/mol. The second kappa shape index (κ2) is 5.81. The van der Waals surface area contributed by atoms with E-state index in [0.717, 1.165) is 12.1 Å². The molecule has 0 amide bonds. The van der Waals surface area contributed by atoms with E-state index in [2.05, 4.69) is 0 Å². The van der Waals surface area contributed by atoms with Crippen LogP contribution in [0.5, 0.6) is 0 Å². The summed E-state index contributed by atoms with van der Waals surface area (Å²) in [6.07, 6.45) is -4.11. The molecule has 0 aromatic heterocycles. The van der Waals surface area contributed by atoms with Crippen LogP contribution in [0.3, 0.4) is 0 Å². The second-order valence-corrected chi connectivity index (χ2v) is 3.59. The Kier molecular flexibility index (Phi) is 4.66. The van der Waals surface area contributed by atoms with Gasteiger partial charge in [0.1, 0.15) is 18.6 Å². The maximum atomic E-state index is 13.5. The monoisotopic (exact) mass is 265 g/mol. The van der Waals surface area contributed by atoms with Gasteiger partial charge in [-0.3, -0.25) is 4.79 Å². The van der Waals surface area contributed by atoms with Crippen LogP contribution < -0.4 is 4.90 Å². The van der Waals surface area contributed by atoms with E-state index in [4.69, 9.17) is 5.11 Å². The molecule has 0 heterocycles. The van der Waals surface area contributed by atoms with E-state index in [0.29, 0.717) is 11.2 Å². The molecule has 1 rings (SSSR count). The Labute approximate surface area is 101 Å². The van der Waals surface area contributed by atoms with Gasteiger partial charge in [0.15, 0.2) is 0 Å². The molecule has 0 unspecified atom stereocenters. The van der Waals surface area contributed by atoms with Gasteiger partial charge in [-0.05, 0) is 18.2 Å². The number of hydrogen-bond donors (Lipinski definition) is 1. The van der Waals surface area contributed by atoms with Gasteiger partial charge in [0.2, 0.25) is 0 Å². The topological polar surface area (TPSA) is 40.5 Å². The van der Waals surface area contributed by atoms with E-state index in [1.165, 1.54) is 6.07 Å². The molecule has 1 N–H and O–H groups in total. The van der Waals surface area contributed by atoms with Crippen molar-refractivity contribution >= 4 is 12.0 Å². The molecule has 0 aliphatic rings. The number of hydrogen-bond acceptors (Lipinski definition) is 3. The molecule has 0 aliphatic carbocycles. The van der Waals surface area contributed by atoms with Gasteiger partial charge in [-0.2, -0.15) is 13.2 Å². The van der Waals surface area contributed by atoms with Crippen LogP contribution in [-0.4, -0.2) is 37.3 Å². The van der Waals surface area contributed by atoms with E-state index in [9.17, 15) is 22.4 Å². The highest BCUT2D eigenvalue weighted by Crippen LogP contribution is 2.24. The summed E-state index contributed by atoms with van der Waals surface area (Å²) >= 11 is 0. The Hall–Kier alpha value is -1.63. The van der Waals surface area contributed by atoms with Crippen LogP contribution in [0, 0.1) is 5.82 Å². The van der Waals surface area contributed by atoms with Crippen LogP contribution in [0.4, 0.5) is 23.2 Å². The van der Waals surface area contributed by atoms with Crippen LogP contribution in [0.2, 0.25) is 0 Å². The molecule has 0 saturated carbocycles. The highest BCUT2D eigenvalue weighted by Gasteiger charge is 2.31. The Morgan fingerprint density at radius 3 is 2.44 bits per heavy atom. The minimum absolute atomic E-state index is 0.0345. The van der Waals surface area contributed by atoms with E-state index < -0.39 is 25.1 Å². The Balaban J connectivity index is 3.01. The smallest absolute Gasteiger partial charge is 0.395 e. The van der Waals surface area contributed by atoms with Gasteiger partial charge in [0, 0.05) is 12.1 Å². The molecule has 100 valence electrons. The van der Waals surface area contributed by atoms with Gasteiger partial charge < -0.3 is 10.0 Å². The lowest BCUT2D eigenvalue weighted by molar-refractivity contribution is -0.119. The number of anilines is 1. The number of nitrogens with zero attached hydrogens (tertiary/aromatic N) is 1. The fraction of sp³-hybridized carbons (Fsp3) is 0.364. The van der Waals surface area contributed by atoms with Crippen molar-refractivity contribution in [3.05, 3.63) is 29.6 Å². The number of carbonyl (C=O) groups excluding carboxylic acids is 1. The van der Waals surface area contributed by atoms with Crippen LogP contribution in [0.15, 0.2) is 18.2 Å². The maximum Gasteiger partial charge on any atom is 0.405 e. The molecule has 0 fully saturated rings. The summed E-state index contributed by atoms with van der Waals surface area (Å²) in [6.45, 7) is -2.26. The summed E-state index contributed by atoms with van der Waals surface area (Å²) in [7, 11) is 0. The first-order chi connectivity index (χ1) is 8.37. The highest BCUT2D eigenvalue weighted by atomic mass is 19.4. The third-order valence-corrected chi connectivity index (χ3v) is 2.19. The molecule has 18 heavy (non-hydrogen) atoms. The average molecular weight is 265 g/mol. The van der Waals surface area contributed by atoms with Gasteiger partial charge in [-0.25, -0.2) is 4.39 Å². The molecule has 7 heteroatoms. The first-order valence-electron chi connectivity index (χ1n) is 5.04. The summed E-state index contributed by atoms with van der Waals surface area (Å²) in [4.78, 5) is 11.1. The number of halogens is 4. The summed E-state index contributed by atoms with van der Waals surface area (Å²) in [5, 5.41) is 8.70. The normalized spacial score (nSPS) is 11.4. The lowest BCUT2D eigenvalue weighted by atomic mass is 10.2. The summed E-state index contributed by atoms with van der Waals surface area (Å²) < 4.78 is 50.4. The Bertz CT molecular complexity index is 420. The highest BCUT2D eigenvalue weighted by molar-refractivity contribution is 5.76. The molecule has 0 bridgehead atoms. The second-order valence-electron chi connectivity index (χ2n) is 3.59. The number of rotatable bonds is 5. The molecule has 0 radical (unpaired) electrons. The zero-order chi connectivity index (χ0) is 13.8. The van der Waals surface area contributed by atoms with Gasteiger partial charge in [0.05, 0.1) is 12.3 Å². The van der Waals surface area contributed by atoms with E-state index in [-0.39, 0.29) is 17.8 Å². The van der Waals surface area contributed by atoms with Gasteiger partial charge >= 0.3 is 6.18 Å². The average Bonchev–Trinajstić information content (AvgIpc) is 2.26. The van der Waals surface area contributed by atoms with Gasteiger partial charge in [-0.1, -0.05) is 0 Å². The number of alkyl halides is 3. The van der Waals surface area contributed by atoms with E-state index >= 15 is 0 Å². The predicted octanol–water partition coefficient (Wildman–Crippen LogP) is 2.00. The number of aliphatic hydroxyl groups is 1. The Morgan fingerprint density at radius 1 is 1.33 bits per heavy atom. The first kappa shape index (κ1) is 14.4. The standard InChI is InChI=1S/C11H11F4NO2/c12-9-5-8(6-18)1-2-10(9)16(3-4-17)7-11(13,14)15/h1-2,5-6,17H,3-4,7H2. The van der Waals surface area contributed by atoms with E-state index in [1.54, 1.807) is 0 Å². The number of carbonyl (C=O) groups is 1. The molecule has 0 aliphatic heterocycles. The van der Waals surface area contributed by atoms with Crippen molar-refractivity contribution in [2.45, 2.75) is 6.18 Å². The van der Waals surface area contributed by atoms with E-state index in [1.807, 2.05) is 0 Å². The number of benzene rings is 1. The van der Waals surface area contributed by atoms with Crippen LogP contribution in [0.1, 0.15) is 10.4 Å². The third kappa shape index (κ3) is 3.99. The van der Waals surface area contributed by atoms with Crippen LogP contribution in [-0.2, 0) is 0 Å². The summed E-state index contributed by atoms with van der Waals surface area (Å²) in [6, 6.07) is 3.15. The van der Waals surface area contributed by atoms with Crippen molar-refractivity contribution in [1.82, 2.24) is 0 Å². The largest absolute Gasteiger partial charge is 0.405 e. The van der Waals surface area contributed by atoms with Gasteiger partial charge in [-0.15, -0.1) is 0 Å². The molecular weight excluding hydrogens is 254 g/mol. The Morgan fingerprint density at radius 2 is 2.00 bits per heavy atom. The molecule has 3 nitrogen and oxygen atoms in total. The van der Waals surface area contributed by atoms with Crippen molar-refractivity contribution < 1.29 is 27.5 Å². The fourth-order valence-electron chi connectivity index (χ4n) is 1.47. The van der Waals surface area contributed by atoms with Crippen LogP contribution >= 0.6 is 0 Å². The molecular formula is C11H11F4NO2. The van der Waals surface area contributed by atoms with Crippen molar-refractivity contribution in [3.63, 3.8) is 0 Å². The van der Waals surface area contributed by atoms with Crippen molar-refractivity contribution in [3.8, 4) is 0 Å². The quantitative estimate of drug-likeness (QED) is 0.654. The summed E-state index contributed by atoms with van der Waals surface area (Å²) in [5.74, 6) is -0.933. The van der Waals surface area contributed by atoms with Crippen molar-refractivity contribution in [2.24, 2.45) is 0 Å². The number of aldehydes is 1. The molecule has 1 aromatic carbocycles. The van der Waals surface area contributed by atoms with Crippen LogP contribution in [0.25, 0.3) is 0 Å². The maximum absolute atomic E-state index is 13.5. The lowest BCUT2D eigenvalue weighted by Gasteiger charge is -2.25. The van der Waals surface area contributed by atoms with Gasteiger partial charge in [0.25, 0.3) is 0 Å². The summed E-state index contributed by atoms with van der Waals surface area (Å²) in [5.41, 5.74) is -0.265. The van der Waals surface area contributed by atoms with Crippen molar-refractivity contribution in [2.75, 3.05) is 24.6 Å². The zero-order valence-electron chi connectivity index (χ0n) is 9.25. The molecule has 0 spiro atoms. The minimum atomic E-state index is -4.51. The van der Waals surface area contributed by atoms with Crippen molar-refractivity contribution in [1.29, 1.82) is 0 Å². The molecule has 0 atom stereocenters. The molecule has 0 saturated heterocycles. The third-order valence-electron chi connectivity index (χ3n) is 2.19. The zero-order valence-corrected chi connectivity index (χ0v) is 9.25. The number of aliphatic hydroxyl groups excluding tert-OH is 1. The SMILES string of the molecule is O=Cc1ccc(N(CCO)CC(F)(F)F)c(F)c1. The minimum Gasteiger partial charge on any atom is -0.395 e. The fourth-order valence-corrected chi connectivity index (χ4v) is 1.47. The molecule has 1 aromatic rings. The first-order valence-corrected chi connectivity index (χ1v) is 5.04.